The molecule has 0 bridgehead atoms. The van der Waals surface area contributed by atoms with Crippen LogP contribution in [-0.2, 0) is 19.4 Å². The van der Waals surface area contributed by atoms with Crippen molar-refractivity contribution in [3.8, 4) is 0 Å². The van der Waals surface area contributed by atoms with Crippen LogP contribution in [0.5, 0.6) is 0 Å². The Bertz CT molecular complexity index is 573. The van der Waals surface area contributed by atoms with Gasteiger partial charge in [-0.15, -0.1) is 11.8 Å². The summed E-state index contributed by atoms with van der Waals surface area (Å²) in [5.74, 6) is -3.92. The van der Waals surface area contributed by atoms with Gasteiger partial charge in [0, 0.05) is 10.1 Å². The fraction of sp³-hybridized carbons (Fsp3) is 0.417. The van der Waals surface area contributed by atoms with Crippen molar-refractivity contribution in [1.82, 2.24) is 0 Å². The maximum atomic E-state index is 12.6. The van der Waals surface area contributed by atoms with Gasteiger partial charge in [0.05, 0.1) is 18.4 Å². The first-order valence-corrected chi connectivity index (χ1v) is 8.06. The number of esters is 1. The van der Waals surface area contributed by atoms with Crippen molar-refractivity contribution in [2.24, 2.45) is 0 Å². The number of carbonyl (C=O) groups excluding carboxylic acids is 1. The van der Waals surface area contributed by atoms with Gasteiger partial charge in [0.2, 0.25) is 9.84 Å². The average Bonchev–Trinajstić information content (AvgIpc) is 2.38. The Labute approximate surface area is 120 Å². The van der Waals surface area contributed by atoms with Gasteiger partial charge in [-0.25, -0.2) is 8.42 Å². The first kappa shape index (κ1) is 16.9. The molecule has 0 spiro atoms. The smallest absolute Gasteiger partial charge is 0.341 e. The van der Waals surface area contributed by atoms with E-state index in [9.17, 15) is 22.0 Å². The number of methoxy groups -OCH3 is 1. The average molecular weight is 324 g/mol. The lowest BCUT2D eigenvalue weighted by molar-refractivity contribution is -0.140. The highest BCUT2D eigenvalue weighted by Crippen LogP contribution is 2.33. The number of carbonyl (C=O) groups is 1. The van der Waals surface area contributed by atoms with Crippen LogP contribution in [0.3, 0.4) is 0 Å². The molecule has 1 rings (SSSR count). The summed E-state index contributed by atoms with van der Waals surface area (Å²) in [6.07, 6.45) is 0.0597. The molecule has 0 saturated heterocycles. The number of ether oxygens (including phenoxy) is 1. The number of sulfone groups is 1. The van der Waals surface area contributed by atoms with Crippen molar-refractivity contribution in [2.75, 3.05) is 7.11 Å². The van der Waals surface area contributed by atoms with E-state index in [1.54, 1.807) is 13.0 Å². The topological polar surface area (TPSA) is 60.4 Å². The molecular weight excluding hydrogens is 310 g/mol. The normalized spacial score (nSPS) is 13.2. The van der Waals surface area contributed by atoms with Crippen LogP contribution in [0.4, 0.5) is 8.78 Å². The Morgan fingerprint density at radius 2 is 1.95 bits per heavy atom. The van der Waals surface area contributed by atoms with Gasteiger partial charge in [-0.1, -0.05) is 19.1 Å². The molecule has 0 amide bonds. The van der Waals surface area contributed by atoms with E-state index in [-0.39, 0.29) is 16.6 Å². The zero-order valence-corrected chi connectivity index (χ0v) is 12.5. The summed E-state index contributed by atoms with van der Waals surface area (Å²) in [5, 5.41) is -0.295. The molecule has 1 unspecified atom stereocenters. The van der Waals surface area contributed by atoms with Gasteiger partial charge < -0.3 is 4.74 Å². The number of hydrogen-bond acceptors (Lipinski definition) is 5. The van der Waals surface area contributed by atoms with Crippen molar-refractivity contribution in [2.45, 2.75) is 34.1 Å². The SMILES string of the molecule is COC(=O)CC(C)Sc1ccccc1S(=O)(=O)C(F)F. The fourth-order valence-corrected chi connectivity index (χ4v) is 3.75. The first-order valence-electron chi connectivity index (χ1n) is 5.63. The Hall–Kier alpha value is -1.15. The molecule has 0 radical (unpaired) electrons. The van der Waals surface area contributed by atoms with Gasteiger partial charge >= 0.3 is 11.7 Å². The van der Waals surface area contributed by atoms with E-state index >= 15 is 0 Å². The predicted octanol–water partition coefficient (Wildman–Crippen LogP) is 2.73. The van der Waals surface area contributed by atoms with E-state index in [4.69, 9.17) is 0 Å². The largest absolute Gasteiger partial charge is 0.469 e. The van der Waals surface area contributed by atoms with Gasteiger partial charge in [-0.2, -0.15) is 8.78 Å². The molecule has 0 saturated carbocycles. The van der Waals surface area contributed by atoms with Gasteiger partial charge in [0.1, 0.15) is 0 Å². The van der Waals surface area contributed by atoms with Crippen molar-refractivity contribution in [3.05, 3.63) is 24.3 Å². The second-order valence-electron chi connectivity index (χ2n) is 3.96. The number of thioether (sulfide) groups is 1. The molecule has 0 aromatic heterocycles. The molecule has 0 aliphatic heterocycles. The number of alkyl halides is 2. The second kappa shape index (κ2) is 7.03. The quantitative estimate of drug-likeness (QED) is 0.595. The minimum atomic E-state index is -4.66. The molecule has 0 N–H and O–H groups in total. The van der Waals surface area contributed by atoms with Crippen LogP contribution < -0.4 is 0 Å². The van der Waals surface area contributed by atoms with E-state index < -0.39 is 26.5 Å². The summed E-state index contributed by atoms with van der Waals surface area (Å²) >= 11 is 1.04. The van der Waals surface area contributed by atoms with Crippen LogP contribution >= 0.6 is 11.8 Å². The minimum Gasteiger partial charge on any atom is -0.469 e. The van der Waals surface area contributed by atoms with Crippen LogP contribution in [0.1, 0.15) is 13.3 Å². The summed E-state index contributed by atoms with van der Waals surface area (Å²) in [6, 6.07) is 5.50. The summed E-state index contributed by atoms with van der Waals surface area (Å²) in [6.45, 7) is 1.69. The minimum absolute atomic E-state index is 0.0597. The molecule has 4 nitrogen and oxygen atoms in total. The van der Waals surface area contributed by atoms with Crippen LogP contribution in [0.15, 0.2) is 34.1 Å². The van der Waals surface area contributed by atoms with Gasteiger partial charge in [0.25, 0.3) is 0 Å². The molecule has 8 heteroatoms. The highest BCUT2D eigenvalue weighted by Gasteiger charge is 2.29. The molecule has 1 atom stereocenters. The van der Waals surface area contributed by atoms with Crippen molar-refractivity contribution in [3.63, 3.8) is 0 Å². The Morgan fingerprint density at radius 3 is 2.50 bits per heavy atom. The van der Waals surface area contributed by atoms with Gasteiger partial charge in [-0.3, -0.25) is 4.79 Å². The number of halogens is 2. The molecule has 0 fully saturated rings. The molecule has 20 heavy (non-hydrogen) atoms. The molecule has 0 heterocycles. The fourth-order valence-electron chi connectivity index (χ4n) is 1.46. The maximum Gasteiger partial charge on any atom is 0.341 e. The molecule has 0 aliphatic rings. The Kier molecular flexibility index (Phi) is 5.94. The van der Waals surface area contributed by atoms with E-state index in [2.05, 4.69) is 4.74 Å². The molecule has 1 aromatic carbocycles. The highest BCUT2D eigenvalue weighted by atomic mass is 32.2. The molecule has 0 aliphatic carbocycles. The third-order valence-electron chi connectivity index (χ3n) is 2.40. The van der Waals surface area contributed by atoms with Crippen molar-refractivity contribution < 1.29 is 26.7 Å². The zero-order valence-electron chi connectivity index (χ0n) is 10.9. The molecule has 1 aromatic rings. The maximum absolute atomic E-state index is 12.6. The summed E-state index contributed by atoms with van der Waals surface area (Å²) in [4.78, 5) is 10.9. The lowest BCUT2D eigenvalue weighted by Crippen LogP contribution is -2.13. The first-order chi connectivity index (χ1) is 9.28. The van der Waals surface area contributed by atoms with Crippen molar-refractivity contribution in [1.29, 1.82) is 0 Å². The third-order valence-corrected chi connectivity index (χ3v) is 5.15. The summed E-state index contributed by atoms with van der Waals surface area (Å²) in [5.41, 5.74) is 0. The van der Waals surface area contributed by atoms with Crippen LogP contribution in [-0.4, -0.2) is 32.5 Å². The lowest BCUT2D eigenvalue weighted by Gasteiger charge is -2.13. The highest BCUT2D eigenvalue weighted by molar-refractivity contribution is 8.00. The number of benzene rings is 1. The van der Waals surface area contributed by atoms with Crippen LogP contribution in [0.25, 0.3) is 0 Å². The van der Waals surface area contributed by atoms with Gasteiger partial charge in [-0.05, 0) is 12.1 Å². The van der Waals surface area contributed by atoms with E-state index in [0.29, 0.717) is 0 Å². The van der Waals surface area contributed by atoms with Crippen LogP contribution in [0, 0.1) is 0 Å². The second-order valence-corrected chi connectivity index (χ2v) is 7.33. The monoisotopic (exact) mass is 324 g/mol. The third kappa shape index (κ3) is 4.17. The number of hydrogen-bond donors (Lipinski definition) is 0. The zero-order chi connectivity index (χ0) is 15.3. The van der Waals surface area contributed by atoms with E-state index in [0.717, 1.165) is 17.8 Å². The van der Waals surface area contributed by atoms with Crippen LogP contribution in [0.2, 0.25) is 0 Å². The molecule has 112 valence electrons. The van der Waals surface area contributed by atoms with E-state index in [1.807, 2.05) is 0 Å². The summed E-state index contributed by atoms with van der Waals surface area (Å²) < 4.78 is 52.8. The Balaban J connectivity index is 3.00. The number of rotatable bonds is 6. The Morgan fingerprint density at radius 1 is 1.35 bits per heavy atom. The van der Waals surface area contributed by atoms with E-state index in [1.165, 1.54) is 19.2 Å². The summed E-state index contributed by atoms with van der Waals surface area (Å²) in [7, 11) is -3.41. The van der Waals surface area contributed by atoms with Gasteiger partial charge in [0.15, 0.2) is 0 Å². The standard InChI is InChI=1S/C12H14F2O4S2/c1-8(7-11(15)18-2)19-9-5-3-4-6-10(9)20(16,17)12(13)14/h3-6,8,12H,7H2,1-2H3. The van der Waals surface area contributed by atoms with Crippen molar-refractivity contribution >= 4 is 27.6 Å². The predicted molar refractivity (Wildman–Crippen MR) is 71.6 cm³/mol. The molecular formula is C12H14F2O4S2. The lowest BCUT2D eigenvalue weighted by atomic mass is 10.3.